The topological polar surface area (TPSA) is 45.6 Å². The maximum absolute atomic E-state index is 9.30. The fourth-order valence-corrected chi connectivity index (χ4v) is 1.74. The van der Waals surface area contributed by atoms with Crippen molar-refractivity contribution in [2.24, 2.45) is 0 Å². The molecule has 102 valence electrons. The lowest BCUT2D eigenvalue weighted by Gasteiger charge is -2.20. The van der Waals surface area contributed by atoms with Gasteiger partial charge in [-0.2, -0.15) is 0 Å². The molecule has 0 aromatic carbocycles. The van der Waals surface area contributed by atoms with Crippen LogP contribution in [0.3, 0.4) is 0 Å². The Morgan fingerprint density at radius 2 is 2.11 bits per heavy atom. The van der Waals surface area contributed by atoms with Crippen LogP contribution in [0.5, 0.6) is 0 Å². The molecule has 0 spiro atoms. The molecule has 0 fully saturated rings. The first-order valence-electron chi connectivity index (χ1n) is 6.40. The Hall–Kier alpha value is -1.13. The minimum atomic E-state index is 0.0567. The molecule has 1 rings (SSSR count). The molecule has 0 radical (unpaired) electrons. The largest absolute Gasteiger partial charge is 0.392 e. The van der Waals surface area contributed by atoms with Gasteiger partial charge >= 0.3 is 0 Å². The quantitative estimate of drug-likeness (QED) is 0.755. The van der Waals surface area contributed by atoms with E-state index in [4.69, 9.17) is 4.74 Å². The molecule has 1 aromatic heterocycles. The zero-order chi connectivity index (χ0) is 13.5. The number of hydrogen-bond acceptors (Lipinski definition) is 4. The standard InChI is InChI=1S/C14H24N2O2/c1-11(2)13-8-12(10-17)9-14(15-13)16(3)6-5-7-18-4/h8-9,11,17H,5-7,10H2,1-4H3. The van der Waals surface area contributed by atoms with Gasteiger partial charge in [-0.05, 0) is 30.0 Å². The van der Waals surface area contributed by atoms with Crippen molar-refractivity contribution in [3.63, 3.8) is 0 Å². The van der Waals surface area contributed by atoms with Crippen LogP contribution in [0.4, 0.5) is 5.82 Å². The number of rotatable bonds is 7. The molecule has 0 aliphatic rings. The Balaban J connectivity index is 2.82. The van der Waals surface area contributed by atoms with E-state index in [-0.39, 0.29) is 6.61 Å². The van der Waals surface area contributed by atoms with Gasteiger partial charge in [0.25, 0.3) is 0 Å². The summed E-state index contributed by atoms with van der Waals surface area (Å²) in [5.41, 5.74) is 1.94. The summed E-state index contributed by atoms with van der Waals surface area (Å²) in [4.78, 5) is 6.73. The number of aliphatic hydroxyl groups is 1. The number of ether oxygens (including phenoxy) is 1. The Morgan fingerprint density at radius 1 is 1.39 bits per heavy atom. The first-order valence-corrected chi connectivity index (χ1v) is 6.40. The lowest BCUT2D eigenvalue weighted by Crippen LogP contribution is -2.21. The molecule has 0 bridgehead atoms. The number of methoxy groups -OCH3 is 1. The van der Waals surface area contributed by atoms with Crippen molar-refractivity contribution in [1.29, 1.82) is 0 Å². The normalized spacial score (nSPS) is 11.0. The third-order valence-corrected chi connectivity index (χ3v) is 2.90. The van der Waals surface area contributed by atoms with E-state index >= 15 is 0 Å². The maximum atomic E-state index is 9.30. The minimum absolute atomic E-state index is 0.0567. The Labute approximate surface area is 110 Å². The molecule has 0 saturated heterocycles. The van der Waals surface area contributed by atoms with Crippen LogP contribution in [0, 0.1) is 0 Å². The zero-order valence-corrected chi connectivity index (χ0v) is 11.8. The minimum Gasteiger partial charge on any atom is -0.392 e. The third kappa shape index (κ3) is 4.27. The van der Waals surface area contributed by atoms with Crippen molar-refractivity contribution in [2.45, 2.75) is 32.8 Å². The summed E-state index contributed by atoms with van der Waals surface area (Å²) in [6.45, 7) is 5.92. The highest BCUT2D eigenvalue weighted by Crippen LogP contribution is 2.19. The molecule has 4 heteroatoms. The summed E-state index contributed by atoms with van der Waals surface area (Å²) in [6.07, 6.45) is 0.967. The van der Waals surface area contributed by atoms with Gasteiger partial charge in [-0.25, -0.2) is 4.98 Å². The molecular formula is C14H24N2O2. The van der Waals surface area contributed by atoms with Gasteiger partial charge in [0.15, 0.2) is 0 Å². The molecule has 18 heavy (non-hydrogen) atoms. The van der Waals surface area contributed by atoms with Crippen LogP contribution in [0.1, 0.15) is 37.4 Å². The van der Waals surface area contributed by atoms with Crippen LogP contribution in [0.25, 0.3) is 0 Å². The number of anilines is 1. The van der Waals surface area contributed by atoms with Crippen LogP contribution < -0.4 is 4.90 Å². The van der Waals surface area contributed by atoms with Gasteiger partial charge in [-0.3, -0.25) is 0 Å². The van der Waals surface area contributed by atoms with E-state index in [1.807, 2.05) is 19.2 Å². The van der Waals surface area contributed by atoms with Crippen LogP contribution in [0.2, 0.25) is 0 Å². The zero-order valence-electron chi connectivity index (χ0n) is 11.8. The molecule has 4 nitrogen and oxygen atoms in total. The average molecular weight is 252 g/mol. The van der Waals surface area contributed by atoms with Crippen molar-refractivity contribution in [2.75, 3.05) is 32.2 Å². The van der Waals surface area contributed by atoms with E-state index in [2.05, 4.69) is 23.7 Å². The van der Waals surface area contributed by atoms with Gasteiger partial charge in [0.05, 0.1) is 6.61 Å². The SMILES string of the molecule is COCCCN(C)c1cc(CO)cc(C(C)C)n1. The number of hydrogen-bond donors (Lipinski definition) is 1. The molecule has 0 saturated carbocycles. The number of nitrogens with zero attached hydrogens (tertiary/aromatic N) is 2. The third-order valence-electron chi connectivity index (χ3n) is 2.90. The van der Waals surface area contributed by atoms with Crippen molar-refractivity contribution >= 4 is 5.82 Å². The maximum Gasteiger partial charge on any atom is 0.128 e. The van der Waals surface area contributed by atoms with E-state index in [1.54, 1.807) is 7.11 Å². The molecule has 0 atom stereocenters. The van der Waals surface area contributed by atoms with Gasteiger partial charge in [0, 0.05) is 33.0 Å². The Bertz CT molecular complexity index is 367. The van der Waals surface area contributed by atoms with Gasteiger partial charge in [0.1, 0.15) is 5.82 Å². The summed E-state index contributed by atoms with van der Waals surface area (Å²) in [7, 11) is 3.73. The van der Waals surface area contributed by atoms with E-state index in [0.717, 1.165) is 36.6 Å². The molecule has 0 amide bonds. The van der Waals surface area contributed by atoms with Gasteiger partial charge in [-0.15, -0.1) is 0 Å². The van der Waals surface area contributed by atoms with Gasteiger partial charge in [0.2, 0.25) is 0 Å². The highest BCUT2D eigenvalue weighted by molar-refractivity contribution is 5.42. The first-order chi connectivity index (χ1) is 8.58. The van der Waals surface area contributed by atoms with Gasteiger partial charge < -0.3 is 14.7 Å². The smallest absolute Gasteiger partial charge is 0.128 e. The van der Waals surface area contributed by atoms with Crippen LogP contribution in [-0.2, 0) is 11.3 Å². The predicted octanol–water partition coefficient (Wildman–Crippen LogP) is 2.17. The van der Waals surface area contributed by atoms with Crippen LogP contribution in [0.15, 0.2) is 12.1 Å². The highest BCUT2D eigenvalue weighted by Gasteiger charge is 2.09. The summed E-state index contributed by atoms with van der Waals surface area (Å²) >= 11 is 0. The molecule has 1 N–H and O–H groups in total. The van der Waals surface area contributed by atoms with E-state index in [9.17, 15) is 5.11 Å². The summed E-state index contributed by atoms with van der Waals surface area (Å²) < 4.78 is 5.05. The second-order valence-electron chi connectivity index (χ2n) is 4.84. The van der Waals surface area contributed by atoms with Crippen molar-refractivity contribution < 1.29 is 9.84 Å². The number of pyridine rings is 1. The average Bonchev–Trinajstić information content (AvgIpc) is 2.38. The predicted molar refractivity (Wildman–Crippen MR) is 74.0 cm³/mol. The number of aliphatic hydroxyl groups excluding tert-OH is 1. The summed E-state index contributed by atoms with van der Waals surface area (Å²) in [5, 5.41) is 9.30. The first kappa shape index (κ1) is 14.9. The van der Waals surface area contributed by atoms with E-state index in [0.29, 0.717) is 5.92 Å². The molecule has 1 aromatic rings. The molecule has 1 heterocycles. The van der Waals surface area contributed by atoms with E-state index < -0.39 is 0 Å². The summed E-state index contributed by atoms with van der Waals surface area (Å²) in [5.74, 6) is 1.28. The molecular weight excluding hydrogens is 228 g/mol. The Morgan fingerprint density at radius 3 is 2.67 bits per heavy atom. The molecule has 0 aliphatic heterocycles. The summed E-state index contributed by atoms with van der Waals surface area (Å²) in [6, 6.07) is 3.91. The van der Waals surface area contributed by atoms with Gasteiger partial charge in [-0.1, -0.05) is 13.8 Å². The van der Waals surface area contributed by atoms with Crippen molar-refractivity contribution in [3.05, 3.63) is 23.4 Å². The fourth-order valence-electron chi connectivity index (χ4n) is 1.74. The van der Waals surface area contributed by atoms with Crippen molar-refractivity contribution in [3.8, 4) is 0 Å². The van der Waals surface area contributed by atoms with Crippen LogP contribution >= 0.6 is 0 Å². The molecule has 0 aliphatic carbocycles. The lowest BCUT2D eigenvalue weighted by molar-refractivity contribution is 0.196. The monoisotopic (exact) mass is 252 g/mol. The lowest BCUT2D eigenvalue weighted by atomic mass is 10.1. The van der Waals surface area contributed by atoms with Crippen molar-refractivity contribution in [1.82, 2.24) is 4.98 Å². The number of aromatic nitrogens is 1. The van der Waals surface area contributed by atoms with Crippen LogP contribution in [-0.4, -0.2) is 37.4 Å². The Kier molecular flexibility index (Phi) is 6.09. The second kappa shape index (κ2) is 7.34. The fraction of sp³-hybridized carbons (Fsp3) is 0.643. The highest BCUT2D eigenvalue weighted by atomic mass is 16.5. The molecule has 0 unspecified atom stereocenters. The van der Waals surface area contributed by atoms with E-state index in [1.165, 1.54) is 0 Å². The second-order valence-corrected chi connectivity index (χ2v) is 4.84.